The Labute approximate surface area is 320 Å². The van der Waals surface area contributed by atoms with E-state index in [1.54, 1.807) is 0 Å². The quantitative estimate of drug-likeness (QED) is 0.150. The molecule has 258 valence electrons. The molecular formula is C54H37N. The summed E-state index contributed by atoms with van der Waals surface area (Å²) in [5, 5.41) is 15.6. The van der Waals surface area contributed by atoms with Gasteiger partial charge in [0.1, 0.15) is 0 Å². The second kappa shape index (κ2) is 12.9. The van der Waals surface area contributed by atoms with E-state index in [0.29, 0.717) is 0 Å². The summed E-state index contributed by atoms with van der Waals surface area (Å²) in [7, 11) is 0. The Morgan fingerprint density at radius 3 is 1.22 bits per heavy atom. The zero-order valence-corrected chi connectivity index (χ0v) is 30.4. The van der Waals surface area contributed by atoms with Gasteiger partial charge in [0.25, 0.3) is 0 Å². The summed E-state index contributed by atoms with van der Waals surface area (Å²) in [6.45, 7) is 1.49. The van der Waals surface area contributed by atoms with Gasteiger partial charge in [-0.3, -0.25) is 0 Å². The van der Waals surface area contributed by atoms with Crippen LogP contribution < -0.4 is 4.90 Å². The first-order valence-electron chi connectivity index (χ1n) is 19.3. The number of hydrogen-bond acceptors (Lipinski definition) is 1. The second-order valence-corrected chi connectivity index (χ2v) is 14.8. The maximum Gasteiger partial charge on any atom is 0.0458 e. The molecular weight excluding hydrogens is 663 g/mol. The molecule has 0 bridgehead atoms. The standard InChI is InChI=1S/C54H37N/c1-3-15-36(16-4-1)43-24-9-7-19-41(43)34-55(35-42-20-8-10-25-44(42)37-17-5-2-6-18-37)50-33-40-23-13-28-46-45-26-11-21-38-31-32-39-22-12-27-47(52(39)51(38)45)48-29-14-30-49(50)54(48)53(40)46/h1-33H,34-35H2. The van der Waals surface area contributed by atoms with Crippen molar-refractivity contribution in [3.8, 4) is 22.3 Å². The second-order valence-electron chi connectivity index (χ2n) is 14.8. The normalized spacial score (nSPS) is 11.8. The van der Waals surface area contributed by atoms with E-state index >= 15 is 0 Å². The third kappa shape index (κ3) is 5.16. The highest BCUT2D eigenvalue weighted by Gasteiger charge is 2.21. The van der Waals surface area contributed by atoms with Crippen LogP contribution in [0.25, 0.3) is 86.9 Å². The van der Waals surface area contributed by atoms with Gasteiger partial charge in [-0.25, -0.2) is 0 Å². The molecule has 1 heteroatoms. The molecule has 11 rings (SSSR count). The lowest BCUT2D eigenvalue weighted by Crippen LogP contribution is -2.23. The lowest BCUT2D eigenvalue weighted by molar-refractivity contribution is 0.806. The van der Waals surface area contributed by atoms with Gasteiger partial charge in [-0.2, -0.15) is 0 Å². The van der Waals surface area contributed by atoms with E-state index in [0.717, 1.165) is 13.1 Å². The van der Waals surface area contributed by atoms with Gasteiger partial charge < -0.3 is 4.90 Å². The van der Waals surface area contributed by atoms with Gasteiger partial charge in [-0.1, -0.05) is 194 Å². The molecule has 0 fully saturated rings. The average molecular weight is 700 g/mol. The molecule has 0 saturated carbocycles. The van der Waals surface area contributed by atoms with Gasteiger partial charge in [0, 0.05) is 29.5 Å². The van der Waals surface area contributed by atoms with E-state index in [9.17, 15) is 0 Å². The molecule has 0 aliphatic heterocycles. The Balaban J connectivity index is 1.23. The van der Waals surface area contributed by atoms with Crippen molar-refractivity contribution in [3.05, 3.63) is 211 Å². The molecule has 0 aliphatic rings. The minimum Gasteiger partial charge on any atom is -0.362 e. The predicted octanol–water partition coefficient (Wildman–Crippen LogP) is 14.6. The fraction of sp³-hybridized carbons (Fsp3) is 0.0370. The molecule has 0 atom stereocenters. The smallest absolute Gasteiger partial charge is 0.0458 e. The molecule has 55 heavy (non-hydrogen) atoms. The van der Waals surface area contributed by atoms with Crippen molar-refractivity contribution in [2.45, 2.75) is 13.1 Å². The number of nitrogens with zero attached hydrogens (tertiary/aromatic N) is 1. The lowest BCUT2D eigenvalue weighted by atomic mass is 9.87. The van der Waals surface area contributed by atoms with Crippen molar-refractivity contribution in [1.29, 1.82) is 0 Å². The summed E-state index contributed by atoms with van der Waals surface area (Å²) in [6, 6.07) is 74.1. The van der Waals surface area contributed by atoms with Gasteiger partial charge in [0.05, 0.1) is 0 Å². The van der Waals surface area contributed by atoms with Crippen molar-refractivity contribution in [2.24, 2.45) is 0 Å². The Morgan fingerprint density at radius 2 is 0.691 bits per heavy atom. The Kier molecular flexibility index (Phi) is 7.38. The SMILES string of the molecule is c1ccc(-c2ccccc2CN(Cc2ccccc2-c2ccccc2)c2cc3cccc4c5cccc6ccc7cccc(c8cccc2c8c34)c7c65)cc1. The summed E-state index contributed by atoms with van der Waals surface area (Å²) in [4.78, 5) is 2.63. The van der Waals surface area contributed by atoms with Crippen LogP contribution in [0.3, 0.4) is 0 Å². The maximum absolute atomic E-state index is 2.63. The van der Waals surface area contributed by atoms with Gasteiger partial charge in [0.15, 0.2) is 0 Å². The zero-order chi connectivity index (χ0) is 36.3. The molecule has 0 aliphatic carbocycles. The largest absolute Gasteiger partial charge is 0.362 e. The van der Waals surface area contributed by atoms with E-state index in [1.807, 2.05) is 0 Å². The molecule has 0 amide bonds. The van der Waals surface area contributed by atoms with Crippen LogP contribution in [-0.2, 0) is 13.1 Å². The molecule has 1 nitrogen and oxygen atoms in total. The number of rotatable bonds is 7. The van der Waals surface area contributed by atoms with Crippen LogP contribution in [-0.4, -0.2) is 0 Å². The lowest BCUT2D eigenvalue weighted by Gasteiger charge is -2.30. The fourth-order valence-corrected chi connectivity index (χ4v) is 9.30. The number of anilines is 1. The third-order valence-corrected chi connectivity index (χ3v) is 11.7. The van der Waals surface area contributed by atoms with Crippen molar-refractivity contribution in [1.82, 2.24) is 0 Å². The summed E-state index contributed by atoms with van der Waals surface area (Å²) in [5.41, 5.74) is 8.85. The monoisotopic (exact) mass is 699 g/mol. The van der Waals surface area contributed by atoms with Crippen LogP contribution in [0.1, 0.15) is 11.1 Å². The number of benzene rings is 10. The Hall–Kier alpha value is -6.96. The van der Waals surface area contributed by atoms with E-state index in [2.05, 4.69) is 205 Å². The number of hydrogen-bond donors (Lipinski definition) is 0. The van der Waals surface area contributed by atoms with Crippen molar-refractivity contribution < 1.29 is 0 Å². The van der Waals surface area contributed by atoms with Gasteiger partial charge in [0.2, 0.25) is 0 Å². The van der Waals surface area contributed by atoms with Crippen molar-refractivity contribution in [3.63, 3.8) is 0 Å². The van der Waals surface area contributed by atoms with Gasteiger partial charge >= 0.3 is 0 Å². The highest BCUT2D eigenvalue weighted by Crippen LogP contribution is 2.46. The predicted molar refractivity (Wildman–Crippen MR) is 236 cm³/mol. The third-order valence-electron chi connectivity index (χ3n) is 11.7. The van der Waals surface area contributed by atoms with Crippen molar-refractivity contribution in [2.75, 3.05) is 4.90 Å². The molecule has 0 spiro atoms. The fourth-order valence-electron chi connectivity index (χ4n) is 9.30. The maximum atomic E-state index is 2.63. The van der Waals surface area contributed by atoms with E-state index in [1.165, 1.54) is 104 Å². The van der Waals surface area contributed by atoms with Crippen molar-refractivity contribution >= 4 is 70.3 Å². The van der Waals surface area contributed by atoms with Gasteiger partial charge in [-0.05, 0) is 93.3 Å². The first-order valence-corrected chi connectivity index (χ1v) is 19.3. The first-order chi connectivity index (χ1) is 27.3. The molecule has 0 N–H and O–H groups in total. The van der Waals surface area contributed by atoms with Crippen LogP contribution in [0.15, 0.2) is 200 Å². The van der Waals surface area contributed by atoms with Crippen LogP contribution in [0, 0.1) is 0 Å². The summed E-state index contributed by atoms with van der Waals surface area (Å²) >= 11 is 0. The van der Waals surface area contributed by atoms with Crippen LogP contribution in [0.5, 0.6) is 0 Å². The molecule has 0 unspecified atom stereocenters. The topological polar surface area (TPSA) is 3.24 Å². The average Bonchev–Trinajstić information content (AvgIpc) is 3.25. The number of fused-ring (bicyclic) bond motifs is 2. The minimum absolute atomic E-state index is 0.746. The highest BCUT2D eigenvalue weighted by molar-refractivity contribution is 6.37. The molecule has 0 saturated heterocycles. The van der Waals surface area contributed by atoms with E-state index in [-0.39, 0.29) is 0 Å². The first kappa shape index (κ1) is 31.6. The summed E-state index contributed by atoms with van der Waals surface area (Å²) < 4.78 is 0. The minimum atomic E-state index is 0.746. The van der Waals surface area contributed by atoms with Gasteiger partial charge in [-0.15, -0.1) is 0 Å². The summed E-state index contributed by atoms with van der Waals surface area (Å²) in [5.74, 6) is 0. The molecule has 0 heterocycles. The van der Waals surface area contributed by atoms with Crippen LogP contribution in [0.4, 0.5) is 5.69 Å². The highest BCUT2D eigenvalue weighted by atomic mass is 15.1. The molecule has 0 radical (unpaired) electrons. The molecule has 11 aromatic rings. The van der Waals surface area contributed by atoms with Crippen LogP contribution >= 0.6 is 0 Å². The molecule has 11 aromatic carbocycles. The summed E-state index contributed by atoms with van der Waals surface area (Å²) in [6.07, 6.45) is 0. The zero-order valence-electron chi connectivity index (χ0n) is 30.4. The van der Waals surface area contributed by atoms with E-state index in [4.69, 9.17) is 0 Å². The molecule has 0 aromatic heterocycles. The van der Waals surface area contributed by atoms with E-state index < -0.39 is 0 Å². The Bertz CT molecular complexity index is 3110. The van der Waals surface area contributed by atoms with Crippen LogP contribution in [0.2, 0.25) is 0 Å². The Morgan fingerprint density at radius 1 is 0.291 bits per heavy atom.